The molecule has 0 aliphatic heterocycles. The van der Waals surface area contributed by atoms with E-state index in [1.54, 1.807) is 0 Å². The fourth-order valence-corrected chi connectivity index (χ4v) is 1.57. The van der Waals surface area contributed by atoms with Crippen LogP contribution in [0, 0.1) is 0 Å². The summed E-state index contributed by atoms with van der Waals surface area (Å²) in [6.45, 7) is 6.77. The van der Waals surface area contributed by atoms with Crippen LogP contribution in [0.1, 0.15) is 24.2 Å². The van der Waals surface area contributed by atoms with Crippen LogP contribution in [0.4, 0.5) is 0 Å². The molecule has 1 aromatic rings. The van der Waals surface area contributed by atoms with E-state index in [-0.39, 0.29) is 36.1 Å². The average molecular weight is 290 g/mol. The van der Waals surface area contributed by atoms with E-state index in [9.17, 15) is 15.0 Å². The SMILES string of the molecule is CCN(CC)CCOC(=O)c1cc(O)ccc1O.Cl. The molecule has 108 valence electrons. The number of nitrogens with zero attached hydrogens (tertiary/aromatic N) is 1. The van der Waals surface area contributed by atoms with Gasteiger partial charge in [-0.05, 0) is 31.3 Å². The van der Waals surface area contributed by atoms with E-state index in [1.165, 1.54) is 18.2 Å². The van der Waals surface area contributed by atoms with Crippen molar-refractivity contribution < 1.29 is 19.7 Å². The van der Waals surface area contributed by atoms with Crippen LogP contribution in [0.5, 0.6) is 11.5 Å². The van der Waals surface area contributed by atoms with Gasteiger partial charge in [-0.15, -0.1) is 12.4 Å². The third-order valence-electron chi connectivity index (χ3n) is 2.74. The van der Waals surface area contributed by atoms with Crippen molar-refractivity contribution in [2.24, 2.45) is 0 Å². The fraction of sp³-hybridized carbons (Fsp3) is 0.462. The van der Waals surface area contributed by atoms with E-state index in [1.807, 2.05) is 13.8 Å². The van der Waals surface area contributed by atoms with Gasteiger partial charge >= 0.3 is 5.97 Å². The number of ether oxygens (including phenoxy) is 1. The normalized spacial score (nSPS) is 10.1. The van der Waals surface area contributed by atoms with Gasteiger partial charge in [-0.25, -0.2) is 4.79 Å². The second-order valence-corrected chi connectivity index (χ2v) is 3.86. The van der Waals surface area contributed by atoms with Gasteiger partial charge in [-0.2, -0.15) is 0 Å². The minimum Gasteiger partial charge on any atom is -0.508 e. The summed E-state index contributed by atoms with van der Waals surface area (Å²) in [5.41, 5.74) is -0.0189. The number of hydrogen-bond acceptors (Lipinski definition) is 5. The Hall–Kier alpha value is -1.46. The van der Waals surface area contributed by atoms with Gasteiger partial charge in [-0.1, -0.05) is 13.8 Å². The lowest BCUT2D eigenvalue weighted by atomic mass is 10.2. The highest BCUT2D eigenvalue weighted by Gasteiger charge is 2.13. The van der Waals surface area contributed by atoms with Gasteiger partial charge in [0.05, 0.1) is 0 Å². The zero-order chi connectivity index (χ0) is 13.5. The maximum absolute atomic E-state index is 11.7. The monoisotopic (exact) mass is 289 g/mol. The molecule has 0 atom stereocenters. The summed E-state index contributed by atoms with van der Waals surface area (Å²) < 4.78 is 5.05. The molecule has 1 rings (SSSR count). The van der Waals surface area contributed by atoms with Crippen molar-refractivity contribution in [1.82, 2.24) is 4.90 Å². The third-order valence-corrected chi connectivity index (χ3v) is 2.74. The standard InChI is InChI=1S/C13H19NO4.ClH/c1-3-14(4-2)7-8-18-13(17)11-9-10(15)5-6-12(11)16;/h5-6,9,15-16H,3-4,7-8H2,1-2H3;1H. The first-order chi connectivity index (χ1) is 8.58. The van der Waals surface area contributed by atoms with Crippen LogP contribution >= 0.6 is 12.4 Å². The van der Waals surface area contributed by atoms with Gasteiger partial charge in [0.25, 0.3) is 0 Å². The second kappa shape index (κ2) is 8.61. The number of phenolic OH excluding ortho intramolecular Hbond substituents is 2. The van der Waals surface area contributed by atoms with Crippen molar-refractivity contribution in [3.63, 3.8) is 0 Å². The Balaban J connectivity index is 0.00000324. The fourth-order valence-electron chi connectivity index (χ4n) is 1.57. The zero-order valence-electron chi connectivity index (χ0n) is 11.1. The molecule has 0 saturated heterocycles. The van der Waals surface area contributed by atoms with E-state index in [4.69, 9.17) is 4.74 Å². The van der Waals surface area contributed by atoms with Gasteiger partial charge in [0, 0.05) is 6.54 Å². The van der Waals surface area contributed by atoms with Gasteiger partial charge in [0.1, 0.15) is 23.7 Å². The Kier molecular flexibility index (Phi) is 7.95. The molecule has 0 aliphatic rings. The molecule has 0 unspecified atom stereocenters. The molecule has 0 aliphatic carbocycles. The zero-order valence-corrected chi connectivity index (χ0v) is 11.9. The minimum atomic E-state index is -0.629. The lowest BCUT2D eigenvalue weighted by molar-refractivity contribution is 0.0463. The maximum Gasteiger partial charge on any atom is 0.342 e. The van der Waals surface area contributed by atoms with Crippen molar-refractivity contribution >= 4 is 18.4 Å². The largest absolute Gasteiger partial charge is 0.508 e. The molecule has 5 nitrogen and oxygen atoms in total. The number of carbonyl (C=O) groups is 1. The Labute approximate surface area is 119 Å². The topological polar surface area (TPSA) is 70.0 Å². The lowest BCUT2D eigenvalue weighted by Gasteiger charge is -2.17. The third kappa shape index (κ3) is 5.36. The highest BCUT2D eigenvalue weighted by atomic mass is 35.5. The van der Waals surface area contributed by atoms with Crippen molar-refractivity contribution in [3.05, 3.63) is 23.8 Å². The summed E-state index contributed by atoms with van der Waals surface area (Å²) in [4.78, 5) is 13.8. The number of benzene rings is 1. The average Bonchev–Trinajstić information content (AvgIpc) is 2.37. The molecule has 19 heavy (non-hydrogen) atoms. The summed E-state index contributed by atoms with van der Waals surface area (Å²) in [6, 6.07) is 3.76. The molecule has 0 fully saturated rings. The predicted molar refractivity (Wildman–Crippen MR) is 75.1 cm³/mol. The van der Waals surface area contributed by atoms with Crippen LogP contribution in [-0.2, 0) is 4.74 Å². The van der Waals surface area contributed by atoms with Gasteiger partial charge < -0.3 is 19.8 Å². The molecule has 6 heteroatoms. The van der Waals surface area contributed by atoms with Crippen molar-refractivity contribution in [2.45, 2.75) is 13.8 Å². The highest BCUT2D eigenvalue weighted by Crippen LogP contribution is 2.22. The van der Waals surface area contributed by atoms with Crippen molar-refractivity contribution in [3.8, 4) is 11.5 Å². The molecule has 2 N–H and O–H groups in total. The van der Waals surface area contributed by atoms with Crippen LogP contribution in [0.25, 0.3) is 0 Å². The Morgan fingerprint density at radius 1 is 1.26 bits per heavy atom. The van der Waals surface area contributed by atoms with Crippen LogP contribution in [-0.4, -0.2) is 47.3 Å². The van der Waals surface area contributed by atoms with Crippen LogP contribution < -0.4 is 0 Å². The number of hydrogen-bond donors (Lipinski definition) is 2. The lowest BCUT2D eigenvalue weighted by Crippen LogP contribution is -2.27. The van der Waals surface area contributed by atoms with E-state index in [2.05, 4.69) is 4.90 Å². The quantitative estimate of drug-likeness (QED) is 0.619. The van der Waals surface area contributed by atoms with E-state index in [0.29, 0.717) is 6.54 Å². The van der Waals surface area contributed by atoms with E-state index < -0.39 is 5.97 Å². The van der Waals surface area contributed by atoms with Crippen LogP contribution in [0.2, 0.25) is 0 Å². The second-order valence-electron chi connectivity index (χ2n) is 3.86. The van der Waals surface area contributed by atoms with E-state index >= 15 is 0 Å². The Morgan fingerprint density at radius 3 is 2.47 bits per heavy atom. The smallest absolute Gasteiger partial charge is 0.342 e. The summed E-state index contributed by atoms with van der Waals surface area (Å²) in [6.07, 6.45) is 0. The highest BCUT2D eigenvalue weighted by molar-refractivity contribution is 5.92. The number of likely N-dealkylation sites (N-methyl/N-ethyl adjacent to an activating group) is 1. The number of carbonyl (C=O) groups excluding carboxylic acids is 1. The summed E-state index contributed by atoms with van der Waals surface area (Å²) in [5, 5.41) is 18.7. The first kappa shape index (κ1) is 17.5. The van der Waals surface area contributed by atoms with Crippen LogP contribution in [0.3, 0.4) is 0 Å². The van der Waals surface area contributed by atoms with Gasteiger partial charge in [0.2, 0.25) is 0 Å². The molecule has 0 spiro atoms. The van der Waals surface area contributed by atoms with Gasteiger partial charge in [-0.3, -0.25) is 0 Å². The first-order valence-electron chi connectivity index (χ1n) is 6.00. The van der Waals surface area contributed by atoms with Crippen molar-refractivity contribution in [2.75, 3.05) is 26.2 Å². The summed E-state index contributed by atoms with van der Waals surface area (Å²) in [5.74, 6) is -0.903. The number of phenols is 2. The Bertz CT molecular complexity index is 408. The molecule has 0 bridgehead atoms. The molecule has 0 amide bonds. The van der Waals surface area contributed by atoms with Crippen LogP contribution in [0.15, 0.2) is 18.2 Å². The molecule has 0 aromatic heterocycles. The first-order valence-corrected chi connectivity index (χ1v) is 6.00. The molecule has 0 saturated carbocycles. The maximum atomic E-state index is 11.7. The number of esters is 1. The number of rotatable bonds is 6. The number of halogens is 1. The van der Waals surface area contributed by atoms with E-state index in [0.717, 1.165) is 13.1 Å². The van der Waals surface area contributed by atoms with Gasteiger partial charge in [0.15, 0.2) is 0 Å². The predicted octanol–water partition coefficient (Wildman–Crippen LogP) is 2.02. The Morgan fingerprint density at radius 2 is 1.89 bits per heavy atom. The van der Waals surface area contributed by atoms with Crippen molar-refractivity contribution in [1.29, 1.82) is 0 Å². The minimum absolute atomic E-state index is 0. The molecular weight excluding hydrogens is 270 g/mol. The molecule has 1 aromatic carbocycles. The molecular formula is C13H20ClNO4. The summed E-state index contributed by atoms with van der Waals surface area (Å²) >= 11 is 0. The summed E-state index contributed by atoms with van der Waals surface area (Å²) in [7, 11) is 0. The molecule has 0 radical (unpaired) electrons. The molecule has 0 heterocycles. The number of aromatic hydroxyl groups is 2.